The lowest BCUT2D eigenvalue weighted by molar-refractivity contribution is -0.142. The van der Waals surface area contributed by atoms with Crippen LogP contribution in [0.3, 0.4) is 0 Å². The van der Waals surface area contributed by atoms with Crippen molar-refractivity contribution in [2.24, 2.45) is 5.92 Å². The molecule has 1 atom stereocenters. The van der Waals surface area contributed by atoms with Crippen LogP contribution in [0.4, 0.5) is 0 Å². The Labute approximate surface area is 159 Å². The zero-order valence-electron chi connectivity index (χ0n) is 15.7. The molecule has 1 N–H and O–H groups in total. The molecule has 0 fully saturated rings. The highest BCUT2D eigenvalue weighted by Crippen LogP contribution is 2.19. The van der Waals surface area contributed by atoms with Gasteiger partial charge in [0.1, 0.15) is 12.0 Å². The van der Waals surface area contributed by atoms with E-state index in [4.69, 9.17) is 9.52 Å². The number of carboxylic acid groups (broad SMARTS) is 1. The lowest BCUT2D eigenvalue weighted by Gasteiger charge is -2.08. The molecular weight excluding hydrogens is 382 g/mol. The number of aromatic nitrogens is 1. The van der Waals surface area contributed by atoms with Crippen molar-refractivity contribution >= 4 is 21.9 Å². The normalized spacial score (nSPS) is 10.8. The Balaban J connectivity index is 0.000000422. The summed E-state index contributed by atoms with van der Waals surface area (Å²) >= 11 is 3.36. The minimum atomic E-state index is -0.625. The van der Waals surface area contributed by atoms with Gasteiger partial charge in [-0.25, -0.2) is 4.98 Å². The zero-order valence-corrected chi connectivity index (χ0v) is 17.3. The van der Waals surface area contributed by atoms with E-state index in [0.29, 0.717) is 0 Å². The maximum atomic E-state index is 10.6. The molecule has 0 aliphatic rings. The van der Waals surface area contributed by atoms with E-state index in [1.807, 2.05) is 45.0 Å². The van der Waals surface area contributed by atoms with Crippen LogP contribution in [-0.2, 0) is 4.79 Å². The summed E-state index contributed by atoms with van der Waals surface area (Å²) < 4.78 is 5.94. The van der Waals surface area contributed by atoms with Gasteiger partial charge in [-0.3, -0.25) is 4.79 Å². The summed E-state index contributed by atoms with van der Waals surface area (Å²) in [6.07, 6.45) is 7.83. The van der Waals surface area contributed by atoms with E-state index in [2.05, 4.69) is 27.8 Å². The Morgan fingerprint density at radius 2 is 1.80 bits per heavy atom. The van der Waals surface area contributed by atoms with Gasteiger partial charge in [-0.2, -0.15) is 0 Å². The molecule has 140 valence electrons. The van der Waals surface area contributed by atoms with Crippen LogP contribution in [0.2, 0.25) is 0 Å². The van der Waals surface area contributed by atoms with Gasteiger partial charge < -0.3 is 9.52 Å². The van der Waals surface area contributed by atoms with Gasteiger partial charge in [-0.15, -0.1) is 0 Å². The summed E-state index contributed by atoms with van der Waals surface area (Å²) in [7, 11) is 0. The molecule has 0 aliphatic heterocycles. The van der Waals surface area contributed by atoms with Crippen LogP contribution in [0.15, 0.2) is 45.8 Å². The van der Waals surface area contributed by atoms with Crippen molar-refractivity contribution in [2.75, 3.05) is 0 Å². The number of unbranched alkanes of at least 4 members (excludes halogenated alkanes) is 1. The molecule has 1 heterocycles. The van der Waals surface area contributed by atoms with E-state index < -0.39 is 5.97 Å². The Morgan fingerprint density at radius 3 is 2.24 bits per heavy atom. The Bertz CT molecular complexity index is 553. The van der Waals surface area contributed by atoms with E-state index in [1.54, 1.807) is 6.26 Å². The summed E-state index contributed by atoms with van der Waals surface area (Å²) in [5, 5.41) is 8.73. The predicted octanol–water partition coefficient (Wildman–Crippen LogP) is 6.81. The van der Waals surface area contributed by atoms with E-state index in [9.17, 15) is 4.79 Å². The van der Waals surface area contributed by atoms with E-state index in [1.165, 1.54) is 6.39 Å². The smallest absolute Gasteiger partial charge is 0.306 e. The molecule has 2 rings (SSSR count). The standard InChI is InChI=1S/C9H6BrNO.C9H18O2.C2H6/c10-8-3-1-7(2-4-8)9-5-12-6-11-9;1-3-5-7-8(6-4-2)9(10)11;1-2/h1-6H;8H,3-7H2,1-2H3,(H,10,11);1-2H3. The summed E-state index contributed by atoms with van der Waals surface area (Å²) in [5.41, 5.74) is 1.93. The topological polar surface area (TPSA) is 63.3 Å². The summed E-state index contributed by atoms with van der Waals surface area (Å²) in [4.78, 5) is 14.6. The van der Waals surface area contributed by atoms with Crippen LogP contribution in [0.5, 0.6) is 0 Å². The number of carbonyl (C=O) groups is 1. The number of benzene rings is 1. The highest BCUT2D eigenvalue weighted by atomic mass is 79.9. The van der Waals surface area contributed by atoms with Crippen LogP contribution in [0.1, 0.15) is 59.8 Å². The fourth-order valence-corrected chi connectivity index (χ4v) is 2.43. The average Bonchev–Trinajstić information content (AvgIpc) is 3.16. The van der Waals surface area contributed by atoms with Crippen LogP contribution < -0.4 is 0 Å². The summed E-state index contributed by atoms with van der Waals surface area (Å²) in [5.74, 6) is -0.722. The minimum absolute atomic E-state index is 0.0973. The van der Waals surface area contributed by atoms with E-state index >= 15 is 0 Å². The molecule has 0 saturated heterocycles. The summed E-state index contributed by atoms with van der Waals surface area (Å²) in [6, 6.07) is 7.93. The third-order valence-corrected chi connectivity index (χ3v) is 3.99. The fourth-order valence-electron chi connectivity index (χ4n) is 2.17. The Morgan fingerprint density at radius 1 is 1.16 bits per heavy atom. The number of nitrogens with zero attached hydrogens (tertiary/aromatic N) is 1. The second-order valence-corrected chi connectivity index (χ2v) is 6.26. The van der Waals surface area contributed by atoms with Crippen molar-refractivity contribution in [1.82, 2.24) is 4.98 Å². The quantitative estimate of drug-likeness (QED) is 0.543. The van der Waals surface area contributed by atoms with Crippen molar-refractivity contribution in [1.29, 1.82) is 0 Å². The van der Waals surface area contributed by atoms with Gasteiger partial charge in [0, 0.05) is 10.0 Å². The van der Waals surface area contributed by atoms with Crippen molar-refractivity contribution in [3.63, 3.8) is 0 Å². The highest BCUT2D eigenvalue weighted by Gasteiger charge is 2.14. The van der Waals surface area contributed by atoms with Crippen molar-refractivity contribution < 1.29 is 14.3 Å². The molecule has 4 nitrogen and oxygen atoms in total. The van der Waals surface area contributed by atoms with Gasteiger partial charge in [0.05, 0.1) is 5.92 Å². The molecule has 1 unspecified atom stereocenters. The highest BCUT2D eigenvalue weighted by molar-refractivity contribution is 9.10. The summed E-state index contributed by atoms with van der Waals surface area (Å²) in [6.45, 7) is 8.12. The van der Waals surface area contributed by atoms with Gasteiger partial charge in [0.15, 0.2) is 6.39 Å². The van der Waals surface area contributed by atoms with Gasteiger partial charge in [0.25, 0.3) is 0 Å². The number of hydrogen-bond donors (Lipinski definition) is 1. The van der Waals surface area contributed by atoms with Crippen molar-refractivity contribution in [2.45, 2.75) is 59.8 Å². The van der Waals surface area contributed by atoms with Gasteiger partial charge in [-0.1, -0.05) is 75.0 Å². The number of halogens is 1. The largest absolute Gasteiger partial charge is 0.481 e. The maximum Gasteiger partial charge on any atom is 0.306 e. The maximum absolute atomic E-state index is 10.6. The Kier molecular flexibility index (Phi) is 13.7. The van der Waals surface area contributed by atoms with Crippen LogP contribution in [0, 0.1) is 5.92 Å². The molecule has 0 spiro atoms. The number of hydrogen-bond acceptors (Lipinski definition) is 3. The lowest BCUT2D eigenvalue weighted by atomic mass is 9.97. The van der Waals surface area contributed by atoms with Crippen molar-refractivity contribution in [3.05, 3.63) is 41.4 Å². The molecule has 5 heteroatoms. The van der Waals surface area contributed by atoms with Crippen LogP contribution >= 0.6 is 15.9 Å². The first kappa shape index (κ1) is 23.4. The van der Waals surface area contributed by atoms with E-state index in [0.717, 1.165) is 47.8 Å². The molecular formula is C20H30BrNO3. The molecule has 2 aromatic rings. The third-order valence-electron chi connectivity index (χ3n) is 3.46. The van der Waals surface area contributed by atoms with E-state index in [-0.39, 0.29) is 5.92 Å². The predicted molar refractivity (Wildman–Crippen MR) is 107 cm³/mol. The van der Waals surface area contributed by atoms with Gasteiger partial charge in [0.2, 0.25) is 0 Å². The minimum Gasteiger partial charge on any atom is -0.481 e. The molecule has 0 amide bonds. The molecule has 0 radical (unpaired) electrons. The van der Waals surface area contributed by atoms with Crippen LogP contribution in [-0.4, -0.2) is 16.1 Å². The number of aliphatic carboxylic acids is 1. The number of rotatable bonds is 7. The SMILES string of the molecule is Brc1ccc(-c2cocn2)cc1.CC.CCCCC(CCC)C(=O)O. The number of oxazole rings is 1. The average molecular weight is 412 g/mol. The molecule has 25 heavy (non-hydrogen) atoms. The first-order chi connectivity index (χ1) is 12.1. The molecule has 1 aromatic heterocycles. The second-order valence-electron chi connectivity index (χ2n) is 5.35. The zero-order chi connectivity index (χ0) is 19.1. The lowest BCUT2D eigenvalue weighted by Crippen LogP contribution is -2.12. The third kappa shape index (κ3) is 10.1. The van der Waals surface area contributed by atoms with Gasteiger partial charge >= 0.3 is 5.97 Å². The van der Waals surface area contributed by atoms with Crippen LogP contribution in [0.25, 0.3) is 11.3 Å². The number of carboxylic acids is 1. The second kappa shape index (κ2) is 14.7. The first-order valence-corrected chi connectivity index (χ1v) is 9.74. The molecule has 1 aromatic carbocycles. The fraction of sp³-hybridized carbons (Fsp3) is 0.500. The Hall–Kier alpha value is -1.62. The van der Waals surface area contributed by atoms with Crippen molar-refractivity contribution in [3.8, 4) is 11.3 Å². The molecule has 0 saturated carbocycles. The monoisotopic (exact) mass is 411 g/mol. The first-order valence-electron chi connectivity index (χ1n) is 8.95. The van der Waals surface area contributed by atoms with Gasteiger partial charge in [-0.05, 0) is 25.0 Å². The molecule has 0 bridgehead atoms. The molecule has 0 aliphatic carbocycles.